The van der Waals surface area contributed by atoms with Gasteiger partial charge in [0, 0.05) is 24.7 Å². The lowest BCUT2D eigenvalue weighted by Gasteiger charge is -2.03. The van der Waals surface area contributed by atoms with E-state index in [1.165, 1.54) is 0 Å². The second kappa shape index (κ2) is 6.66. The number of alkyl halides is 1. The lowest BCUT2D eigenvalue weighted by molar-refractivity contribution is 0.571. The number of aryl methyl sites for hydroxylation is 1. The molecule has 0 aliphatic carbocycles. The Morgan fingerprint density at radius 1 is 1.14 bits per heavy atom. The third-order valence-corrected chi connectivity index (χ3v) is 2.45. The van der Waals surface area contributed by atoms with Crippen molar-refractivity contribution in [3.05, 3.63) is 34.7 Å². The standard InChI is InChI=1S/C11H16ClNO/c12-8-4-1-2-5-9-13-10-6-3-7-11(13)14/h3,6-7,10H,1-2,4-5,8-9H2. The fourth-order valence-electron chi connectivity index (χ4n) is 1.38. The van der Waals surface area contributed by atoms with Crippen molar-refractivity contribution < 1.29 is 0 Å². The fraction of sp³-hybridized carbons (Fsp3) is 0.545. The number of pyridine rings is 1. The molecular weight excluding hydrogens is 198 g/mol. The van der Waals surface area contributed by atoms with E-state index in [4.69, 9.17) is 11.6 Å². The van der Waals surface area contributed by atoms with E-state index in [0.29, 0.717) is 0 Å². The Labute approximate surface area is 89.5 Å². The van der Waals surface area contributed by atoms with Gasteiger partial charge in [0.1, 0.15) is 0 Å². The first-order chi connectivity index (χ1) is 6.84. The van der Waals surface area contributed by atoms with Crippen molar-refractivity contribution in [2.45, 2.75) is 32.2 Å². The summed E-state index contributed by atoms with van der Waals surface area (Å²) in [6.45, 7) is 0.821. The van der Waals surface area contributed by atoms with Crippen LogP contribution in [0.3, 0.4) is 0 Å². The van der Waals surface area contributed by atoms with Crippen molar-refractivity contribution in [3.8, 4) is 0 Å². The maximum Gasteiger partial charge on any atom is 0.250 e. The Bertz CT molecular complexity index is 308. The Hall–Kier alpha value is -0.760. The number of nitrogens with zero attached hydrogens (tertiary/aromatic N) is 1. The van der Waals surface area contributed by atoms with Crippen LogP contribution in [0.15, 0.2) is 29.2 Å². The molecule has 0 aliphatic rings. The summed E-state index contributed by atoms with van der Waals surface area (Å²) in [6.07, 6.45) is 6.27. The van der Waals surface area contributed by atoms with Gasteiger partial charge in [-0.15, -0.1) is 11.6 Å². The van der Waals surface area contributed by atoms with Gasteiger partial charge in [-0.05, 0) is 18.9 Å². The fourth-order valence-corrected chi connectivity index (χ4v) is 1.56. The van der Waals surface area contributed by atoms with Crippen LogP contribution >= 0.6 is 11.6 Å². The van der Waals surface area contributed by atoms with E-state index in [2.05, 4.69) is 0 Å². The van der Waals surface area contributed by atoms with Crippen LogP contribution in [-0.4, -0.2) is 10.4 Å². The molecule has 0 atom stereocenters. The minimum atomic E-state index is 0.0878. The maximum absolute atomic E-state index is 11.3. The third-order valence-electron chi connectivity index (χ3n) is 2.18. The van der Waals surface area contributed by atoms with Gasteiger partial charge in [0.25, 0.3) is 0 Å². The highest BCUT2D eigenvalue weighted by molar-refractivity contribution is 6.17. The van der Waals surface area contributed by atoms with Gasteiger partial charge in [0.15, 0.2) is 0 Å². The average molecular weight is 214 g/mol. The molecule has 0 radical (unpaired) electrons. The van der Waals surface area contributed by atoms with Crippen LogP contribution in [0.4, 0.5) is 0 Å². The zero-order valence-electron chi connectivity index (χ0n) is 8.29. The zero-order valence-corrected chi connectivity index (χ0v) is 9.04. The highest BCUT2D eigenvalue weighted by Crippen LogP contribution is 2.02. The van der Waals surface area contributed by atoms with Crippen LogP contribution in [0, 0.1) is 0 Å². The Balaban J connectivity index is 2.25. The summed E-state index contributed by atoms with van der Waals surface area (Å²) in [6, 6.07) is 5.26. The Kier molecular flexibility index (Phi) is 5.38. The van der Waals surface area contributed by atoms with Crippen molar-refractivity contribution in [1.29, 1.82) is 0 Å². The molecule has 1 rings (SSSR count). The summed E-state index contributed by atoms with van der Waals surface area (Å²) in [5.41, 5.74) is 0.0878. The number of unbranched alkanes of at least 4 members (excludes halogenated alkanes) is 3. The second-order valence-corrected chi connectivity index (χ2v) is 3.71. The lowest BCUT2D eigenvalue weighted by atomic mass is 10.2. The van der Waals surface area contributed by atoms with Crippen LogP contribution < -0.4 is 5.56 Å². The largest absolute Gasteiger partial charge is 0.316 e. The molecule has 0 N–H and O–H groups in total. The minimum Gasteiger partial charge on any atom is -0.316 e. The predicted octanol–water partition coefficient (Wildman–Crippen LogP) is 2.65. The first-order valence-electron chi connectivity index (χ1n) is 5.06. The van der Waals surface area contributed by atoms with Gasteiger partial charge < -0.3 is 4.57 Å². The highest BCUT2D eigenvalue weighted by atomic mass is 35.5. The topological polar surface area (TPSA) is 22.0 Å². The molecule has 0 saturated heterocycles. The van der Waals surface area contributed by atoms with Crippen LogP contribution in [0.5, 0.6) is 0 Å². The highest BCUT2D eigenvalue weighted by Gasteiger charge is 1.93. The van der Waals surface area contributed by atoms with E-state index in [0.717, 1.165) is 38.1 Å². The Morgan fingerprint density at radius 3 is 2.64 bits per heavy atom. The van der Waals surface area contributed by atoms with Crippen molar-refractivity contribution in [2.24, 2.45) is 0 Å². The van der Waals surface area contributed by atoms with Gasteiger partial charge in [-0.1, -0.05) is 18.9 Å². The quantitative estimate of drug-likeness (QED) is 0.526. The van der Waals surface area contributed by atoms with Gasteiger partial charge in [-0.25, -0.2) is 0 Å². The summed E-state index contributed by atoms with van der Waals surface area (Å²) in [5.74, 6) is 0.741. The molecule has 0 spiro atoms. The number of halogens is 1. The van der Waals surface area contributed by atoms with Crippen molar-refractivity contribution in [3.63, 3.8) is 0 Å². The van der Waals surface area contributed by atoms with Gasteiger partial charge in [0.05, 0.1) is 0 Å². The molecule has 0 aliphatic heterocycles. The first-order valence-corrected chi connectivity index (χ1v) is 5.59. The Morgan fingerprint density at radius 2 is 1.93 bits per heavy atom. The van der Waals surface area contributed by atoms with E-state index in [9.17, 15) is 4.79 Å². The summed E-state index contributed by atoms with van der Waals surface area (Å²) in [7, 11) is 0. The summed E-state index contributed by atoms with van der Waals surface area (Å²) >= 11 is 5.57. The van der Waals surface area contributed by atoms with Gasteiger partial charge in [0.2, 0.25) is 5.56 Å². The summed E-state index contributed by atoms with van der Waals surface area (Å²) in [4.78, 5) is 11.3. The van der Waals surface area contributed by atoms with E-state index < -0.39 is 0 Å². The molecule has 2 nitrogen and oxygen atoms in total. The SMILES string of the molecule is O=c1ccccn1CCCCCCCl. The van der Waals surface area contributed by atoms with E-state index in [1.807, 2.05) is 12.3 Å². The molecule has 78 valence electrons. The maximum atomic E-state index is 11.3. The number of aromatic nitrogens is 1. The molecule has 14 heavy (non-hydrogen) atoms. The molecule has 1 heterocycles. The lowest BCUT2D eigenvalue weighted by Crippen LogP contribution is -2.17. The molecule has 0 unspecified atom stereocenters. The molecular formula is C11H16ClNO. The molecule has 3 heteroatoms. The van der Waals surface area contributed by atoms with Gasteiger partial charge in [-0.3, -0.25) is 4.79 Å². The summed E-state index contributed by atoms with van der Waals surface area (Å²) in [5, 5.41) is 0. The van der Waals surface area contributed by atoms with E-state index in [-0.39, 0.29) is 5.56 Å². The minimum absolute atomic E-state index is 0.0878. The average Bonchev–Trinajstić information content (AvgIpc) is 2.20. The molecule has 0 saturated carbocycles. The molecule has 0 bridgehead atoms. The zero-order chi connectivity index (χ0) is 10.2. The van der Waals surface area contributed by atoms with Crippen LogP contribution in [-0.2, 0) is 6.54 Å². The van der Waals surface area contributed by atoms with Crippen LogP contribution in [0.25, 0.3) is 0 Å². The molecule has 0 amide bonds. The molecule has 0 fully saturated rings. The van der Waals surface area contributed by atoms with Gasteiger partial charge >= 0.3 is 0 Å². The normalized spacial score (nSPS) is 10.4. The second-order valence-electron chi connectivity index (χ2n) is 3.34. The van der Waals surface area contributed by atoms with Crippen LogP contribution in [0.2, 0.25) is 0 Å². The van der Waals surface area contributed by atoms with Crippen molar-refractivity contribution >= 4 is 11.6 Å². The smallest absolute Gasteiger partial charge is 0.250 e. The van der Waals surface area contributed by atoms with Crippen molar-refractivity contribution in [1.82, 2.24) is 4.57 Å². The van der Waals surface area contributed by atoms with Gasteiger partial charge in [-0.2, -0.15) is 0 Å². The predicted molar refractivity (Wildman–Crippen MR) is 59.9 cm³/mol. The van der Waals surface area contributed by atoms with E-state index in [1.54, 1.807) is 16.7 Å². The summed E-state index contributed by atoms with van der Waals surface area (Å²) < 4.78 is 1.75. The van der Waals surface area contributed by atoms with Crippen molar-refractivity contribution in [2.75, 3.05) is 5.88 Å². The third kappa shape index (κ3) is 3.97. The monoisotopic (exact) mass is 213 g/mol. The number of hydrogen-bond acceptors (Lipinski definition) is 1. The van der Waals surface area contributed by atoms with E-state index >= 15 is 0 Å². The molecule has 0 aromatic carbocycles. The number of hydrogen-bond donors (Lipinski definition) is 0. The van der Waals surface area contributed by atoms with Crippen LogP contribution in [0.1, 0.15) is 25.7 Å². The number of rotatable bonds is 6. The first kappa shape index (κ1) is 11.3. The molecule has 1 aromatic heterocycles. The molecule has 1 aromatic rings.